The van der Waals surface area contributed by atoms with Gasteiger partial charge < -0.3 is 9.80 Å². The maximum Gasteiger partial charge on any atom is 0.0510 e. The van der Waals surface area contributed by atoms with Crippen LogP contribution in [-0.4, -0.2) is 38.6 Å². The number of benzene rings is 1. The molecule has 2 rings (SSSR count). The summed E-state index contributed by atoms with van der Waals surface area (Å²) in [6.07, 6.45) is 2.56. The first-order valence-electron chi connectivity index (χ1n) is 6.84. The highest BCUT2D eigenvalue weighted by atomic mass is 79.9. The summed E-state index contributed by atoms with van der Waals surface area (Å²) in [7, 11) is 4.32. The molecule has 0 unspecified atom stereocenters. The van der Waals surface area contributed by atoms with Crippen LogP contribution in [0.2, 0.25) is 0 Å². The van der Waals surface area contributed by atoms with E-state index in [0.29, 0.717) is 5.88 Å². The van der Waals surface area contributed by atoms with Crippen LogP contribution in [0.3, 0.4) is 0 Å². The van der Waals surface area contributed by atoms with Crippen molar-refractivity contribution in [1.82, 2.24) is 4.90 Å². The van der Waals surface area contributed by atoms with Gasteiger partial charge in [0.05, 0.1) is 5.69 Å². The van der Waals surface area contributed by atoms with Crippen molar-refractivity contribution in [2.75, 3.05) is 38.6 Å². The maximum absolute atomic E-state index is 5.87. The highest BCUT2D eigenvalue weighted by molar-refractivity contribution is 9.10. The smallest absolute Gasteiger partial charge is 0.0510 e. The minimum Gasteiger partial charge on any atom is -0.371 e. The molecule has 1 fully saturated rings. The molecule has 1 aromatic carbocycles. The van der Waals surface area contributed by atoms with E-state index in [1.807, 2.05) is 0 Å². The first-order valence-corrected chi connectivity index (χ1v) is 8.17. The van der Waals surface area contributed by atoms with Gasteiger partial charge in [0.25, 0.3) is 0 Å². The Balaban J connectivity index is 1.97. The Hall–Kier alpha value is -0.250. The lowest BCUT2D eigenvalue weighted by molar-refractivity contribution is 0.285. The molecule has 0 aliphatic carbocycles. The van der Waals surface area contributed by atoms with Crippen molar-refractivity contribution in [3.63, 3.8) is 0 Å². The lowest BCUT2D eigenvalue weighted by atomic mass is 9.96. The Bertz CT molecular complexity index is 415. The number of nitrogens with zero attached hydrogens (tertiary/aromatic N) is 2. The monoisotopic (exact) mass is 344 g/mol. The summed E-state index contributed by atoms with van der Waals surface area (Å²) in [6, 6.07) is 6.45. The fourth-order valence-electron chi connectivity index (χ4n) is 2.76. The summed E-state index contributed by atoms with van der Waals surface area (Å²) in [6.45, 7) is 3.51. The average molecular weight is 346 g/mol. The van der Waals surface area contributed by atoms with Crippen molar-refractivity contribution in [3.05, 3.63) is 28.2 Å². The predicted octanol–water partition coefficient (Wildman–Crippen LogP) is 3.97. The van der Waals surface area contributed by atoms with E-state index >= 15 is 0 Å². The second kappa shape index (κ2) is 6.96. The zero-order valence-electron chi connectivity index (χ0n) is 11.7. The van der Waals surface area contributed by atoms with E-state index in [9.17, 15) is 0 Å². The molecule has 19 heavy (non-hydrogen) atoms. The van der Waals surface area contributed by atoms with Crippen LogP contribution in [0.25, 0.3) is 0 Å². The number of halogens is 2. The van der Waals surface area contributed by atoms with Gasteiger partial charge in [-0.25, -0.2) is 0 Å². The molecule has 0 atom stereocenters. The molecular weight excluding hydrogens is 324 g/mol. The van der Waals surface area contributed by atoms with E-state index in [-0.39, 0.29) is 0 Å². The number of alkyl halides is 1. The van der Waals surface area contributed by atoms with E-state index in [1.165, 1.54) is 30.6 Å². The second-order valence-electron chi connectivity index (χ2n) is 5.61. The largest absolute Gasteiger partial charge is 0.371 e. The molecule has 0 N–H and O–H groups in total. The van der Waals surface area contributed by atoms with Crippen molar-refractivity contribution in [2.45, 2.75) is 18.7 Å². The van der Waals surface area contributed by atoms with Gasteiger partial charge in [0.15, 0.2) is 0 Å². The van der Waals surface area contributed by atoms with E-state index < -0.39 is 0 Å². The van der Waals surface area contributed by atoms with E-state index in [0.717, 1.165) is 23.5 Å². The van der Waals surface area contributed by atoms with E-state index in [1.54, 1.807) is 0 Å². The fourth-order valence-corrected chi connectivity index (χ4v) is 3.61. The van der Waals surface area contributed by atoms with Crippen molar-refractivity contribution < 1.29 is 0 Å². The van der Waals surface area contributed by atoms with Crippen LogP contribution in [0.15, 0.2) is 22.7 Å². The standard InChI is InChI=1S/C15H22BrClN2/c1-18(2)11-12-5-7-19(8-6-12)15-4-3-13(10-17)9-14(15)16/h3-4,9,12H,5-8,10-11H2,1-2H3. The SMILES string of the molecule is CN(C)CC1CCN(c2ccc(CCl)cc2Br)CC1. The van der Waals surface area contributed by atoms with Gasteiger partial charge in [-0.2, -0.15) is 0 Å². The topological polar surface area (TPSA) is 6.48 Å². The molecule has 1 heterocycles. The first-order chi connectivity index (χ1) is 9.10. The number of piperidine rings is 1. The van der Waals surface area contributed by atoms with Gasteiger partial charge >= 0.3 is 0 Å². The molecule has 106 valence electrons. The Kier molecular flexibility index (Phi) is 5.55. The molecule has 1 saturated heterocycles. The molecule has 1 aliphatic rings. The summed E-state index contributed by atoms with van der Waals surface area (Å²) >= 11 is 9.54. The van der Waals surface area contributed by atoms with Crippen molar-refractivity contribution in [1.29, 1.82) is 0 Å². The molecule has 0 bridgehead atoms. The normalized spacial score (nSPS) is 17.2. The van der Waals surface area contributed by atoms with Gasteiger partial charge in [0.2, 0.25) is 0 Å². The Labute approximate surface area is 129 Å². The minimum absolute atomic E-state index is 0.573. The zero-order chi connectivity index (χ0) is 13.8. The van der Waals surface area contributed by atoms with Crippen molar-refractivity contribution in [3.8, 4) is 0 Å². The third-order valence-electron chi connectivity index (χ3n) is 3.74. The molecule has 0 amide bonds. The Morgan fingerprint density at radius 2 is 2.00 bits per heavy atom. The van der Waals surface area contributed by atoms with Crippen LogP contribution in [0.5, 0.6) is 0 Å². The van der Waals surface area contributed by atoms with Gasteiger partial charge in [-0.15, -0.1) is 11.6 Å². The third kappa shape index (κ3) is 4.11. The zero-order valence-corrected chi connectivity index (χ0v) is 14.0. The van der Waals surface area contributed by atoms with Crippen molar-refractivity contribution in [2.24, 2.45) is 5.92 Å². The number of hydrogen-bond donors (Lipinski definition) is 0. The molecule has 2 nitrogen and oxygen atoms in total. The van der Waals surface area contributed by atoms with Crippen molar-refractivity contribution >= 4 is 33.2 Å². The average Bonchev–Trinajstić information content (AvgIpc) is 2.39. The highest BCUT2D eigenvalue weighted by Gasteiger charge is 2.21. The summed E-state index contributed by atoms with van der Waals surface area (Å²) in [5, 5.41) is 0. The number of rotatable bonds is 4. The van der Waals surface area contributed by atoms with Crippen LogP contribution in [0.4, 0.5) is 5.69 Å². The van der Waals surface area contributed by atoms with Crippen LogP contribution in [0, 0.1) is 5.92 Å². The predicted molar refractivity (Wildman–Crippen MR) is 87.2 cm³/mol. The molecule has 0 saturated carbocycles. The minimum atomic E-state index is 0.573. The number of hydrogen-bond acceptors (Lipinski definition) is 2. The lowest BCUT2D eigenvalue weighted by Gasteiger charge is -2.35. The summed E-state index contributed by atoms with van der Waals surface area (Å²) in [5.41, 5.74) is 2.47. The van der Waals surface area contributed by atoms with Gasteiger partial charge in [-0.05, 0) is 66.5 Å². The van der Waals surface area contributed by atoms with Crippen LogP contribution >= 0.6 is 27.5 Å². The lowest BCUT2D eigenvalue weighted by Crippen LogP contribution is -2.37. The van der Waals surface area contributed by atoms with Gasteiger partial charge in [-0.1, -0.05) is 6.07 Å². The van der Waals surface area contributed by atoms with E-state index in [2.05, 4.69) is 58.0 Å². The Morgan fingerprint density at radius 1 is 1.32 bits per heavy atom. The fraction of sp³-hybridized carbons (Fsp3) is 0.600. The summed E-state index contributed by atoms with van der Waals surface area (Å²) < 4.78 is 1.16. The summed E-state index contributed by atoms with van der Waals surface area (Å²) in [4.78, 5) is 4.78. The molecular formula is C15H22BrClN2. The molecule has 1 aromatic rings. The number of anilines is 1. The van der Waals surface area contributed by atoms with Gasteiger partial charge in [-0.3, -0.25) is 0 Å². The van der Waals surface area contributed by atoms with Crippen LogP contribution in [-0.2, 0) is 5.88 Å². The first kappa shape index (κ1) is 15.1. The molecule has 0 radical (unpaired) electrons. The third-order valence-corrected chi connectivity index (χ3v) is 4.69. The molecule has 0 aromatic heterocycles. The second-order valence-corrected chi connectivity index (χ2v) is 6.73. The Morgan fingerprint density at radius 3 is 2.53 bits per heavy atom. The maximum atomic E-state index is 5.87. The quantitative estimate of drug-likeness (QED) is 0.762. The molecule has 4 heteroatoms. The van der Waals surface area contributed by atoms with Crippen LogP contribution < -0.4 is 4.90 Å². The van der Waals surface area contributed by atoms with Crippen LogP contribution in [0.1, 0.15) is 18.4 Å². The molecule has 0 spiro atoms. The van der Waals surface area contributed by atoms with Gasteiger partial charge in [0, 0.05) is 30.0 Å². The molecule has 1 aliphatic heterocycles. The van der Waals surface area contributed by atoms with Gasteiger partial charge in [0.1, 0.15) is 0 Å². The van der Waals surface area contributed by atoms with E-state index in [4.69, 9.17) is 11.6 Å². The summed E-state index contributed by atoms with van der Waals surface area (Å²) in [5.74, 6) is 1.41. The highest BCUT2D eigenvalue weighted by Crippen LogP contribution is 2.31.